The quantitative estimate of drug-likeness (QED) is 0.421. The molecule has 47 valence electrons. The molecule has 0 aliphatic rings. The summed E-state index contributed by atoms with van der Waals surface area (Å²) in [4.78, 5) is 10.1. The Labute approximate surface area is 52.2 Å². The van der Waals surface area contributed by atoms with Crippen LogP contribution in [0.3, 0.4) is 0 Å². The molecule has 0 aliphatic carbocycles. The van der Waals surface area contributed by atoms with Crippen molar-refractivity contribution in [2.24, 2.45) is 0 Å². The van der Waals surface area contributed by atoms with Gasteiger partial charge in [0.2, 0.25) is 0 Å². The minimum atomic E-state index is -0.532. The van der Waals surface area contributed by atoms with E-state index in [0.29, 0.717) is 0 Å². The summed E-state index contributed by atoms with van der Waals surface area (Å²) in [5.41, 5.74) is 0. The molecule has 0 aromatic heterocycles. The largest absolute Gasteiger partial charge is 0.449 e. The molecule has 0 fully saturated rings. The molecule has 8 heavy (non-hydrogen) atoms. The van der Waals surface area contributed by atoms with Crippen LogP contribution in [0.1, 0.15) is 6.42 Å². The number of alkyl halides is 1. The lowest BCUT2D eigenvalue weighted by Gasteiger charge is -1.93. The van der Waals surface area contributed by atoms with Gasteiger partial charge in [0.05, 0.1) is 13.0 Å². The van der Waals surface area contributed by atoms with Gasteiger partial charge in [-0.2, -0.15) is 0 Å². The summed E-state index contributed by atoms with van der Waals surface area (Å²) in [5.74, 6) is -0.532. The van der Waals surface area contributed by atoms with Gasteiger partial charge in [-0.1, -0.05) is 11.6 Å². The van der Waals surface area contributed by atoms with Gasteiger partial charge in [-0.3, -0.25) is 4.79 Å². The Bertz CT molecular complexity index is 65.7. The normalized spacial score (nSPS) is 8.75. The molecule has 1 radical (unpaired) electrons. The highest BCUT2D eigenvalue weighted by molar-refractivity contribution is 6.17. The first-order valence-corrected chi connectivity index (χ1v) is 2.64. The molecule has 0 saturated carbocycles. The molecule has 0 amide bonds. The van der Waals surface area contributed by atoms with Crippen LogP contribution in [0.5, 0.6) is 0 Å². The molecule has 0 aliphatic heterocycles. The van der Waals surface area contributed by atoms with Crippen LogP contribution < -0.4 is 0 Å². The maximum atomic E-state index is 10.1. The van der Waals surface area contributed by atoms with Crippen LogP contribution in [-0.2, 0) is 14.6 Å². The number of rotatable bonds is 3. The Morgan fingerprint density at radius 2 is 2.25 bits per heavy atom. The van der Waals surface area contributed by atoms with Gasteiger partial charge in [-0.25, -0.2) is 5.11 Å². The van der Waals surface area contributed by atoms with Gasteiger partial charge in [0, 0.05) is 0 Å². The van der Waals surface area contributed by atoms with E-state index in [9.17, 15) is 9.90 Å². The number of ether oxygens (including phenoxy) is 1. The van der Waals surface area contributed by atoms with E-state index in [1.807, 2.05) is 0 Å². The van der Waals surface area contributed by atoms with Crippen molar-refractivity contribution in [3.05, 3.63) is 0 Å². The smallest absolute Gasteiger partial charge is 0.309 e. The Morgan fingerprint density at radius 1 is 1.62 bits per heavy atom. The van der Waals surface area contributed by atoms with Crippen LogP contribution in [0, 0.1) is 0 Å². The van der Waals surface area contributed by atoms with Gasteiger partial charge in [0.15, 0.2) is 6.07 Å². The van der Waals surface area contributed by atoms with Crippen molar-refractivity contribution in [1.29, 1.82) is 0 Å². The summed E-state index contributed by atoms with van der Waals surface area (Å²) in [6.07, 6.45) is -0.0906. The van der Waals surface area contributed by atoms with Crippen LogP contribution in [-0.4, -0.2) is 18.6 Å². The van der Waals surface area contributed by atoms with Crippen molar-refractivity contribution < 1.29 is 14.6 Å². The third kappa shape index (κ3) is 3.89. The Hall–Kier alpha value is -0.280. The van der Waals surface area contributed by atoms with E-state index in [1.54, 1.807) is 0 Å². The number of hydrogen-bond acceptors (Lipinski definition) is 2. The molecule has 0 aromatic rings. The summed E-state index contributed by atoms with van der Waals surface area (Å²) in [7, 11) is 0. The summed E-state index contributed by atoms with van der Waals surface area (Å²) in [6.45, 7) is -0.435. The summed E-state index contributed by atoms with van der Waals surface area (Å²) in [5, 5.41) is 9.67. The first-order chi connectivity index (χ1) is 3.81. The first-order valence-electron chi connectivity index (χ1n) is 2.11. The van der Waals surface area contributed by atoms with Crippen LogP contribution in [0.15, 0.2) is 0 Å². The van der Waals surface area contributed by atoms with Crippen molar-refractivity contribution in [1.82, 2.24) is 0 Å². The van der Waals surface area contributed by atoms with E-state index in [4.69, 9.17) is 11.6 Å². The fraction of sp³-hybridized carbons (Fsp3) is 0.750. The van der Waals surface area contributed by atoms with E-state index in [2.05, 4.69) is 4.74 Å². The zero-order valence-corrected chi connectivity index (χ0v) is 4.98. The second-order valence-electron chi connectivity index (χ2n) is 1.08. The molecule has 0 bridgehead atoms. The van der Waals surface area contributed by atoms with E-state index in [0.717, 1.165) is 0 Å². The SMILES string of the molecule is [O]CCC(=O)OCCl. The lowest BCUT2D eigenvalue weighted by molar-refractivity contribution is -0.142. The molecule has 0 rings (SSSR count). The van der Waals surface area contributed by atoms with E-state index < -0.39 is 12.6 Å². The second kappa shape index (κ2) is 4.87. The summed E-state index contributed by atoms with van der Waals surface area (Å²) < 4.78 is 4.21. The topological polar surface area (TPSA) is 46.2 Å². The number of hydrogen-bond donors (Lipinski definition) is 0. The minimum absolute atomic E-state index is 0.0906. The number of halogens is 1. The molecule has 0 heterocycles. The van der Waals surface area contributed by atoms with Gasteiger partial charge >= 0.3 is 5.97 Å². The van der Waals surface area contributed by atoms with Crippen molar-refractivity contribution in [3.8, 4) is 0 Å². The lowest BCUT2D eigenvalue weighted by atomic mass is 10.5. The van der Waals surface area contributed by atoms with Gasteiger partial charge in [0.25, 0.3) is 0 Å². The molecular formula is C4H6ClO3. The average molecular weight is 138 g/mol. The predicted molar refractivity (Wildman–Crippen MR) is 27.0 cm³/mol. The molecule has 0 N–H and O–H groups in total. The molecule has 4 heteroatoms. The van der Waals surface area contributed by atoms with Crippen molar-refractivity contribution >= 4 is 17.6 Å². The highest BCUT2D eigenvalue weighted by Crippen LogP contribution is 1.85. The molecular weight excluding hydrogens is 131 g/mol. The maximum absolute atomic E-state index is 10.1. The van der Waals surface area contributed by atoms with E-state index in [1.165, 1.54) is 0 Å². The summed E-state index contributed by atoms with van der Waals surface area (Å²) >= 11 is 4.99. The van der Waals surface area contributed by atoms with Crippen molar-refractivity contribution in [2.45, 2.75) is 6.42 Å². The van der Waals surface area contributed by atoms with Crippen LogP contribution in [0.4, 0.5) is 0 Å². The Balaban J connectivity index is 3.06. The number of esters is 1. The number of carbonyl (C=O) groups excluding carboxylic acids is 1. The molecule has 0 atom stereocenters. The van der Waals surface area contributed by atoms with E-state index in [-0.39, 0.29) is 12.5 Å². The van der Waals surface area contributed by atoms with Gasteiger partial charge in [-0.15, -0.1) is 0 Å². The predicted octanol–water partition coefficient (Wildman–Crippen LogP) is 0.546. The first kappa shape index (κ1) is 7.72. The lowest BCUT2D eigenvalue weighted by Crippen LogP contribution is -2.03. The maximum Gasteiger partial charge on any atom is 0.309 e. The third-order valence-corrected chi connectivity index (χ3v) is 0.631. The van der Waals surface area contributed by atoms with Crippen LogP contribution >= 0.6 is 11.6 Å². The van der Waals surface area contributed by atoms with Crippen LogP contribution in [0.2, 0.25) is 0 Å². The molecule has 0 spiro atoms. The fourth-order valence-electron chi connectivity index (χ4n) is 0.216. The zero-order valence-electron chi connectivity index (χ0n) is 4.22. The zero-order chi connectivity index (χ0) is 6.41. The monoisotopic (exact) mass is 137 g/mol. The average Bonchev–Trinajstić information content (AvgIpc) is 1.68. The van der Waals surface area contributed by atoms with Crippen LogP contribution in [0.25, 0.3) is 0 Å². The fourth-order valence-corrected chi connectivity index (χ4v) is 0.338. The third-order valence-electron chi connectivity index (χ3n) is 0.522. The minimum Gasteiger partial charge on any atom is -0.449 e. The Kier molecular flexibility index (Phi) is 4.70. The molecule has 0 aromatic carbocycles. The summed E-state index contributed by atoms with van der Waals surface area (Å²) in [6, 6.07) is -0.168. The highest BCUT2D eigenvalue weighted by atomic mass is 35.5. The van der Waals surface area contributed by atoms with Gasteiger partial charge in [-0.05, 0) is 0 Å². The van der Waals surface area contributed by atoms with E-state index >= 15 is 0 Å². The molecule has 0 saturated heterocycles. The Morgan fingerprint density at radius 3 is 2.62 bits per heavy atom. The second-order valence-corrected chi connectivity index (χ2v) is 1.30. The van der Waals surface area contributed by atoms with Gasteiger partial charge < -0.3 is 4.74 Å². The number of carbonyl (C=O) groups is 1. The van der Waals surface area contributed by atoms with Crippen molar-refractivity contribution in [3.63, 3.8) is 0 Å². The highest BCUT2D eigenvalue weighted by Gasteiger charge is 1.97. The standard InChI is InChI=1S/C4H6ClO3/c5-3-8-4(7)1-2-6/h1-3H2. The van der Waals surface area contributed by atoms with Crippen molar-refractivity contribution in [2.75, 3.05) is 12.7 Å². The molecule has 0 unspecified atom stereocenters. The molecule has 3 nitrogen and oxygen atoms in total. The van der Waals surface area contributed by atoms with Gasteiger partial charge in [0.1, 0.15) is 0 Å².